The SMILES string of the molecule is [2H]C([2H])([2H])c1cccc2c1c(C([2H])([2H])[2H])cc(-c1cc(C3CCCCC3)c3ccccc3c1C)[n+]2C. The largest absolute Gasteiger partial charge is 0.213 e. The number of hydrogen-bond acceptors (Lipinski definition) is 0. The topological polar surface area (TPSA) is 3.88 Å². The van der Waals surface area contributed by atoms with E-state index in [1.165, 1.54) is 54.5 Å². The van der Waals surface area contributed by atoms with Crippen LogP contribution in [0.25, 0.3) is 32.9 Å². The lowest BCUT2D eigenvalue weighted by molar-refractivity contribution is -0.633. The fourth-order valence-electron chi connectivity index (χ4n) is 5.36. The summed E-state index contributed by atoms with van der Waals surface area (Å²) in [6.45, 7) is -2.78. The number of nitrogens with zero attached hydrogens (tertiary/aromatic N) is 1. The van der Waals surface area contributed by atoms with Gasteiger partial charge >= 0.3 is 0 Å². The molecule has 3 aromatic carbocycles. The summed E-state index contributed by atoms with van der Waals surface area (Å²) in [5, 5.41) is 2.76. The van der Waals surface area contributed by atoms with Gasteiger partial charge in [-0.15, -0.1) is 0 Å². The van der Waals surface area contributed by atoms with Gasteiger partial charge in [-0.05, 0) is 78.5 Å². The second-order valence-electron chi connectivity index (χ2n) is 8.72. The van der Waals surface area contributed by atoms with Crippen molar-refractivity contribution in [2.24, 2.45) is 7.05 Å². The smallest absolute Gasteiger partial charge is 0.194 e. The van der Waals surface area contributed by atoms with Gasteiger partial charge in [0, 0.05) is 25.9 Å². The van der Waals surface area contributed by atoms with Crippen LogP contribution in [-0.4, -0.2) is 0 Å². The van der Waals surface area contributed by atoms with E-state index in [0.29, 0.717) is 16.8 Å². The summed E-state index contributed by atoms with van der Waals surface area (Å²) in [5.41, 5.74) is 5.00. The third-order valence-corrected chi connectivity index (χ3v) is 6.98. The third kappa shape index (κ3) is 3.03. The van der Waals surface area contributed by atoms with Gasteiger partial charge in [-0.3, -0.25) is 0 Å². The Morgan fingerprint density at radius 2 is 1.63 bits per heavy atom. The molecule has 152 valence electrons. The average Bonchev–Trinajstić information content (AvgIpc) is 2.84. The summed E-state index contributed by atoms with van der Waals surface area (Å²) in [7, 11) is 1.90. The van der Waals surface area contributed by atoms with Gasteiger partial charge in [0.1, 0.15) is 7.05 Å². The molecule has 1 fully saturated rings. The standard InChI is InChI=1S/C29H32N/c1-19-11-10-16-27-29(19)20(2)17-28(30(27)4)25-18-26(22-12-6-5-7-13-22)24-15-9-8-14-23(24)21(25)3/h8-11,14-18,22H,5-7,12-13H2,1-4H3/q+1/i1D3,2D3. The molecule has 1 saturated carbocycles. The van der Waals surface area contributed by atoms with Gasteiger partial charge in [0.2, 0.25) is 11.2 Å². The molecule has 0 aliphatic heterocycles. The molecule has 5 rings (SSSR count). The third-order valence-electron chi connectivity index (χ3n) is 6.98. The van der Waals surface area contributed by atoms with Gasteiger partial charge in [-0.2, -0.15) is 4.57 Å². The average molecular weight is 401 g/mol. The van der Waals surface area contributed by atoms with Crippen LogP contribution in [0.3, 0.4) is 0 Å². The van der Waals surface area contributed by atoms with Gasteiger partial charge in [-0.1, -0.05) is 55.7 Å². The van der Waals surface area contributed by atoms with Gasteiger partial charge in [0.25, 0.3) is 0 Å². The summed E-state index contributed by atoms with van der Waals surface area (Å²) in [6.07, 6.45) is 6.07. The van der Waals surface area contributed by atoms with Gasteiger partial charge in [0.15, 0.2) is 0 Å². The maximum absolute atomic E-state index is 8.31. The van der Waals surface area contributed by atoms with Gasteiger partial charge in [0.05, 0.1) is 5.39 Å². The zero-order valence-electron chi connectivity index (χ0n) is 23.8. The van der Waals surface area contributed by atoms with E-state index in [1.807, 2.05) is 17.7 Å². The summed E-state index contributed by atoms with van der Waals surface area (Å²) in [6, 6.07) is 17.5. The van der Waals surface area contributed by atoms with Crippen molar-refractivity contribution in [3.8, 4) is 11.3 Å². The monoisotopic (exact) mass is 400 g/mol. The highest BCUT2D eigenvalue weighted by molar-refractivity contribution is 5.94. The van der Waals surface area contributed by atoms with E-state index in [4.69, 9.17) is 8.22 Å². The molecule has 0 saturated heterocycles. The van der Waals surface area contributed by atoms with Crippen LogP contribution in [0.1, 0.15) is 68.5 Å². The van der Waals surface area contributed by atoms with E-state index in [-0.39, 0.29) is 11.1 Å². The van der Waals surface area contributed by atoms with Crippen LogP contribution in [0.5, 0.6) is 0 Å². The molecule has 1 aliphatic carbocycles. The molecule has 30 heavy (non-hydrogen) atoms. The number of fused-ring (bicyclic) bond motifs is 2. The lowest BCUT2D eigenvalue weighted by Crippen LogP contribution is -2.33. The first-order valence-corrected chi connectivity index (χ1v) is 11.0. The Morgan fingerprint density at radius 1 is 0.867 bits per heavy atom. The maximum atomic E-state index is 8.31. The predicted octanol–water partition coefficient (Wildman–Crippen LogP) is 7.46. The van der Waals surface area contributed by atoms with E-state index in [2.05, 4.69) is 37.3 Å². The first-order chi connectivity index (χ1) is 17.0. The molecule has 0 radical (unpaired) electrons. The van der Waals surface area contributed by atoms with Crippen molar-refractivity contribution in [1.82, 2.24) is 0 Å². The quantitative estimate of drug-likeness (QED) is 0.307. The van der Waals surface area contributed by atoms with Gasteiger partial charge in [-0.25, -0.2) is 0 Å². The molecule has 0 N–H and O–H groups in total. The molecule has 4 aromatic rings. The Labute approximate surface area is 188 Å². The van der Waals surface area contributed by atoms with Crippen LogP contribution in [0.2, 0.25) is 0 Å². The number of aromatic nitrogens is 1. The number of benzene rings is 3. The fraction of sp³-hybridized carbons (Fsp3) is 0.345. The Morgan fingerprint density at radius 3 is 2.40 bits per heavy atom. The Balaban J connectivity index is 1.87. The lowest BCUT2D eigenvalue weighted by Gasteiger charge is -2.25. The lowest BCUT2D eigenvalue weighted by atomic mass is 9.80. The number of hydrogen-bond donors (Lipinski definition) is 0. The van der Waals surface area contributed by atoms with Crippen LogP contribution < -0.4 is 4.57 Å². The van der Waals surface area contributed by atoms with Crippen molar-refractivity contribution in [3.63, 3.8) is 0 Å². The van der Waals surface area contributed by atoms with Crippen LogP contribution in [0, 0.1) is 20.6 Å². The van der Waals surface area contributed by atoms with E-state index in [0.717, 1.165) is 16.8 Å². The Hall–Kier alpha value is -2.67. The van der Waals surface area contributed by atoms with Crippen LogP contribution in [-0.2, 0) is 7.05 Å². The molecule has 1 aromatic heterocycles. The molecular weight excluding hydrogens is 362 g/mol. The summed E-state index contributed by atoms with van der Waals surface area (Å²) < 4.78 is 51.1. The number of pyridine rings is 1. The number of rotatable bonds is 2. The fourth-order valence-corrected chi connectivity index (χ4v) is 5.36. The highest BCUT2D eigenvalue weighted by Crippen LogP contribution is 2.40. The summed E-state index contributed by atoms with van der Waals surface area (Å²) in [5.74, 6) is 0.484. The second-order valence-corrected chi connectivity index (χ2v) is 8.72. The first-order valence-electron chi connectivity index (χ1n) is 14.0. The second kappa shape index (κ2) is 7.54. The van der Waals surface area contributed by atoms with Gasteiger partial charge < -0.3 is 0 Å². The first kappa shape index (κ1) is 13.6. The van der Waals surface area contributed by atoms with Crippen molar-refractivity contribution in [3.05, 3.63) is 76.9 Å². The van der Waals surface area contributed by atoms with Crippen LogP contribution >= 0.6 is 0 Å². The molecule has 0 unspecified atom stereocenters. The number of aryl methyl sites for hydroxylation is 4. The molecule has 0 bridgehead atoms. The van der Waals surface area contributed by atoms with Crippen LogP contribution in [0.15, 0.2) is 54.6 Å². The van der Waals surface area contributed by atoms with E-state index >= 15 is 0 Å². The summed E-state index contributed by atoms with van der Waals surface area (Å²) >= 11 is 0. The van der Waals surface area contributed by atoms with Crippen molar-refractivity contribution in [1.29, 1.82) is 0 Å². The molecule has 1 heterocycles. The zero-order valence-corrected chi connectivity index (χ0v) is 17.8. The van der Waals surface area contributed by atoms with E-state index in [9.17, 15) is 0 Å². The van der Waals surface area contributed by atoms with Crippen molar-refractivity contribution < 1.29 is 12.8 Å². The van der Waals surface area contributed by atoms with Crippen LogP contribution in [0.4, 0.5) is 0 Å². The molecule has 0 amide bonds. The molecular formula is C29H32N+. The normalized spacial score (nSPS) is 19.0. The minimum Gasteiger partial charge on any atom is -0.194 e. The predicted molar refractivity (Wildman–Crippen MR) is 128 cm³/mol. The molecule has 0 spiro atoms. The summed E-state index contributed by atoms with van der Waals surface area (Å²) in [4.78, 5) is 0. The minimum atomic E-state index is -2.46. The molecule has 1 nitrogen and oxygen atoms in total. The highest BCUT2D eigenvalue weighted by atomic mass is 14.9. The van der Waals surface area contributed by atoms with Crippen molar-refractivity contribution in [2.75, 3.05) is 0 Å². The zero-order chi connectivity index (χ0) is 25.8. The van der Waals surface area contributed by atoms with Crippen molar-refractivity contribution in [2.45, 2.75) is 58.6 Å². The molecule has 1 heteroatoms. The Bertz CT molecular complexity index is 1460. The maximum Gasteiger partial charge on any atom is 0.213 e. The highest BCUT2D eigenvalue weighted by Gasteiger charge is 2.24. The van der Waals surface area contributed by atoms with Crippen molar-refractivity contribution >= 4 is 21.7 Å². The molecule has 0 atom stereocenters. The van der Waals surface area contributed by atoms with E-state index < -0.39 is 13.7 Å². The molecule has 1 aliphatic rings. The Kier molecular flexibility index (Phi) is 3.42. The minimum absolute atomic E-state index is 0.0754. The van der Waals surface area contributed by atoms with E-state index in [1.54, 1.807) is 12.1 Å².